The molecule has 0 unspecified atom stereocenters. The van der Waals surface area contributed by atoms with Crippen LogP contribution >= 0.6 is 27.3 Å². The summed E-state index contributed by atoms with van der Waals surface area (Å²) in [5.74, 6) is 0.625. The number of halogens is 1. The van der Waals surface area contributed by atoms with Crippen molar-refractivity contribution in [2.45, 2.75) is 39.7 Å². The third kappa shape index (κ3) is 4.90. The largest absolute Gasteiger partial charge is 0.496 e. The number of methoxy groups -OCH3 is 1. The number of hydrogen-bond donors (Lipinski definition) is 0. The number of carbonyl (C=O) groups is 1. The van der Waals surface area contributed by atoms with E-state index >= 15 is 0 Å². The fourth-order valence-electron chi connectivity index (χ4n) is 4.09. The molecule has 0 amide bonds. The predicted octanol–water partition coefficient (Wildman–Crippen LogP) is 4.69. The Hall–Kier alpha value is -2.97. The van der Waals surface area contributed by atoms with Crippen LogP contribution in [0.15, 0.2) is 68.0 Å². The molecule has 6 nitrogen and oxygen atoms in total. The van der Waals surface area contributed by atoms with Gasteiger partial charge in [-0.05, 0) is 70.6 Å². The highest BCUT2D eigenvalue weighted by Gasteiger charge is 2.33. The predicted molar refractivity (Wildman–Crippen MR) is 142 cm³/mol. The van der Waals surface area contributed by atoms with Gasteiger partial charge in [-0.1, -0.05) is 55.5 Å². The molecule has 0 saturated carbocycles. The van der Waals surface area contributed by atoms with E-state index in [0.29, 0.717) is 32.3 Å². The third-order valence-corrected chi connectivity index (χ3v) is 7.51. The Morgan fingerprint density at radius 1 is 1.23 bits per heavy atom. The van der Waals surface area contributed by atoms with Crippen LogP contribution in [-0.4, -0.2) is 24.3 Å². The van der Waals surface area contributed by atoms with Crippen LogP contribution in [0, 0.1) is 0 Å². The van der Waals surface area contributed by atoms with Crippen molar-refractivity contribution in [1.29, 1.82) is 0 Å². The van der Waals surface area contributed by atoms with Crippen molar-refractivity contribution >= 4 is 39.3 Å². The van der Waals surface area contributed by atoms with Crippen molar-refractivity contribution in [3.8, 4) is 5.75 Å². The highest BCUT2D eigenvalue weighted by molar-refractivity contribution is 9.10. The zero-order chi connectivity index (χ0) is 25.3. The molecule has 2 aromatic carbocycles. The summed E-state index contributed by atoms with van der Waals surface area (Å²) in [6.07, 6.45) is 1.83. The van der Waals surface area contributed by atoms with E-state index in [1.807, 2.05) is 48.5 Å². The van der Waals surface area contributed by atoms with E-state index in [1.165, 1.54) is 16.9 Å². The minimum Gasteiger partial charge on any atom is -0.496 e. The number of rotatable bonds is 6. The van der Waals surface area contributed by atoms with Gasteiger partial charge >= 0.3 is 5.97 Å². The maximum Gasteiger partial charge on any atom is 0.338 e. The van der Waals surface area contributed by atoms with E-state index < -0.39 is 12.0 Å². The lowest BCUT2D eigenvalue weighted by Gasteiger charge is -2.25. The molecule has 0 fully saturated rings. The molecule has 0 N–H and O–H groups in total. The number of thiazole rings is 1. The van der Waals surface area contributed by atoms with Gasteiger partial charge in [0.15, 0.2) is 4.80 Å². The number of ether oxygens (including phenoxy) is 2. The van der Waals surface area contributed by atoms with Crippen LogP contribution in [-0.2, 0) is 9.53 Å². The van der Waals surface area contributed by atoms with Crippen molar-refractivity contribution in [3.05, 3.63) is 94.6 Å². The van der Waals surface area contributed by atoms with E-state index in [1.54, 1.807) is 25.5 Å². The topological polar surface area (TPSA) is 69.9 Å². The average molecular weight is 555 g/mol. The molecule has 4 rings (SSSR count). The quantitative estimate of drug-likeness (QED) is 0.414. The fraction of sp³-hybridized carbons (Fsp3) is 0.296. The minimum atomic E-state index is -0.615. The second kappa shape index (κ2) is 10.3. The van der Waals surface area contributed by atoms with Crippen molar-refractivity contribution in [1.82, 2.24) is 4.57 Å². The molecule has 1 aliphatic heterocycles. The molecule has 3 aromatic rings. The first-order chi connectivity index (χ1) is 16.7. The van der Waals surface area contributed by atoms with Crippen LogP contribution in [0.3, 0.4) is 0 Å². The van der Waals surface area contributed by atoms with E-state index in [4.69, 9.17) is 9.47 Å². The SMILES string of the molecule is CCOC(=O)C1=C(C)N=c2s/c(=C\c3ccc(OC)c(Br)c3)c(=O)n2[C@H]1c1ccc(C(C)C)cc1. The van der Waals surface area contributed by atoms with Crippen molar-refractivity contribution in [3.63, 3.8) is 0 Å². The molecule has 0 bridgehead atoms. The number of hydrogen-bond acceptors (Lipinski definition) is 6. The fourth-order valence-corrected chi connectivity index (χ4v) is 5.70. The van der Waals surface area contributed by atoms with Crippen LogP contribution in [0.5, 0.6) is 5.75 Å². The number of carbonyl (C=O) groups excluding carboxylic acids is 1. The van der Waals surface area contributed by atoms with Crippen LogP contribution in [0.2, 0.25) is 0 Å². The van der Waals surface area contributed by atoms with Crippen LogP contribution in [0.4, 0.5) is 0 Å². The van der Waals surface area contributed by atoms with Gasteiger partial charge in [-0.25, -0.2) is 9.79 Å². The summed E-state index contributed by atoms with van der Waals surface area (Å²) in [6, 6.07) is 13.1. The summed E-state index contributed by atoms with van der Waals surface area (Å²) in [5, 5.41) is 0. The molecule has 2 heterocycles. The Kier molecular flexibility index (Phi) is 7.42. The first-order valence-corrected chi connectivity index (χ1v) is 13.0. The van der Waals surface area contributed by atoms with E-state index in [0.717, 1.165) is 15.6 Å². The van der Waals surface area contributed by atoms with Crippen LogP contribution in [0.1, 0.15) is 56.3 Å². The summed E-state index contributed by atoms with van der Waals surface area (Å²) in [4.78, 5) is 31.9. The molecular formula is C27H27BrN2O4S. The van der Waals surface area contributed by atoms with E-state index in [2.05, 4.69) is 34.8 Å². The first kappa shape index (κ1) is 25.1. The molecule has 1 aromatic heterocycles. The monoisotopic (exact) mass is 554 g/mol. The van der Waals surface area contributed by atoms with Gasteiger partial charge in [0.1, 0.15) is 5.75 Å². The van der Waals surface area contributed by atoms with Gasteiger partial charge in [0, 0.05) is 0 Å². The van der Waals surface area contributed by atoms with Crippen molar-refractivity contribution in [2.24, 2.45) is 4.99 Å². The number of allylic oxidation sites excluding steroid dienone is 1. The minimum absolute atomic E-state index is 0.201. The summed E-state index contributed by atoms with van der Waals surface area (Å²) in [6.45, 7) is 8.06. The Balaban J connectivity index is 1.91. The summed E-state index contributed by atoms with van der Waals surface area (Å²) < 4.78 is 13.6. The van der Waals surface area contributed by atoms with Gasteiger partial charge in [-0.15, -0.1) is 0 Å². The van der Waals surface area contributed by atoms with Crippen LogP contribution in [0.25, 0.3) is 6.08 Å². The third-order valence-electron chi connectivity index (χ3n) is 5.91. The number of benzene rings is 2. The number of esters is 1. The van der Waals surface area contributed by atoms with Crippen molar-refractivity contribution in [2.75, 3.05) is 13.7 Å². The Morgan fingerprint density at radius 2 is 1.94 bits per heavy atom. The van der Waals surface area contributed by atoms with Gasteiger partial charge < -0.3 is 9.47 Å². The molecule has 0 saturated heterocycles. The van der Waals surface area contributed by atoms with Gasteiger partial charge in [-0.2, -0.15) is 0 Å². The van der Waals surface area contributed by atoms with E-state index in [9.17, 15) is 9.59 Å². The molecule has 1 aliphatic rings. The molecule has 35 heavy (non-hydrogen) atoms. The van der Waals surface area contributed by atoms with Crippen LogP contribution < -0.4 is 19.6 Å². The normalized spacial score (nSPS) is 15.7. The number of fused-ring (bicyclic) bond motifs is 1. The summed E-state index contributed by atoms with van der Waals surface area (Å²) >= 11 is 4.80. The maximum atomic E-state index is 13.7. The van der Waals surface area contributed by atoms with Gasteiger partial charge in [0.25, 0.3) is 5.56 Å². The molecule has 8 heteroatoms. The number of nitrogens with zero attached hydrogens (tertiary/aromatic N) is 2. The molecular weight excluding hydrogens is 528 g/mol. The van der Waals surface area contributed by atoms with E-state index in [-0.39, 0.29) is 12.2 Å². The highest BCUT2D eigenvalue weighted by atomic mass is 79.9. The molecule has 182 valence electrons. The van der Waals surface area contributed by atoms with Gasteiger partial charge in [-0.3, -0.25) is 9.36 Å². The Bertz CT molecular complexity index is 1480. The zero-order valence-corrected chi connectivity index (χ0v) is 22.7. The Morgan fingerprint density at radius 3 is 2.54 bits per heavy atom. The molecule has 0 spiro atoms. The molecule has 0 radical (unpaired) electrons. The molecule has 0 aliphatic carbocycles. The van der Waals surface area contributed by atoms with Gasteiger partial charge in [0.05, 0.1) is 40.0 Å². The first-order valence-electron chi connectivity index (χ1n) is 11.4. The summed E-state index contributed by atoms with van der Waals surface area (Å²) in [5.41, 5.74) is 3.61. The second-order valence-corrected chi connectivity index (χ2v) is 10.4. The lowest BCUT2D eigenvalue weighted by molar-refractivity contribution is -0.139. The molecule has 1 atom stereocenters. The summed E-state index contributed by atoms with van der Waals surface area (Å²) in [7, 11) is 1.61. The standard InChI is InChI=1S/C27H27BrN2O4S/c1-6-34-26(32)23-16(4)29-27-30(24(23)19-10-8-18(9-11-19)15(2)3)25(31)22(35-27)14-17-7-12-21(33-5)20(28)13-17/h7-15,24H,6H2,1-5H3/b22-14-/t24-/m0/s1. The zero-order valence-electron chi connectivity index (χ0n) is 20.3. The average Bonchev–Trinajstić information content (AvgIpc) is 3.12. The second-order valence-electron chi connectivity index (χ2n) is 8.52. The van der Waals surface area contributed by atoms with Crippen molar-refractivity contribution < 1.29 is 14.3 Å². The number of aromatic nitrogens is 1. The maximum absolute atomic E-state index is 13.7. The lowest BCUT2D eigenvalue weighted by atomic mass is 9.93. The Labute approximate surface area is 216 Å². The highest BCUT2D eigenvalue weighted by Crippen LogP contribution is 2.31. The smallest absolute Gasteiger partial charge is 0.338 e. The van der Waals surface area contributed by atoms with Gasteiger partial charge in [0.2, 0.25) is 0 Å². The lowest BCUT2D eigenvalue weighted by Crippen LogP contribution is -2.39.